The Morgan fingerprint density at radius 1 is 0.968 bits per heavy atom. The summed E-state index contributed by atoms with van der Waals surface area (Å²) in [6, 6.07) is 17.8. The largest absolute Gasteiger partial charge is 0.325 e. The van der Waals surface area contributed by atoms with Crippen LogP contribution in [-0.2, 0) is 4.79 Å². The molecule has 0 aliphatic rings. The fraction of sp³-hybridized carbons (Fsp3) is 0.167. The number of para-hydroxylation sites is 1. The molecule has 0 saturated heterocycles. The van der Waals surface area contributed by atoms with Gasteiger partial charge in [-0.2, -0.15) is 0 Å². The Kier molecular flexibility index (Phi) is 6.13. The first-order valence-electron chi connectivity index (χ1n) is 9.94. The van der Waals surface area contributed by atoms with Crippen LogP contribution in [0.3, 0.4) is 0 Å². The van der Waals surface area contributed by atoms with Crippen LogP contribution in [0.25, 0.3) is 17.1 Å². The number of benzene rings is 2. The van der Waals surface area contributed by atoms with E-state index in [9.17, 15) is 4.79 Å². The maximum absolute atomic E-state index is 12.6. The summed E-state index contributed by atoms with van der Waals surface area (Å²) in [6.45, 7) is 6.13. The first kappa shape index (κ1) is 20.8. The van der Waals surface area contributed by atoms with Gasteiger partial charge in [-0.15, -0.1) is 10.2 Å². The molecule has 0 unspecified atom stereocenters. The van der Waals surface area contributed by atoms with Crippen LogP contribution in [0.5, 0.6) is 0 Å². The quantitative estimate of drug-likeness (QED) is 0.437. The summed E-state index contributed by atoms with van der Waals surface area (Å²) in [5, 5.41) is 12.4. The van der Waals surface area contributed by atoms with E-state index in [4.69, 9.17) is 0 Å². The summed E-state index contributed by atoms with van der Waals surface area (Å²) in [4.78, 5) is 16.8. The number of anilines is 1. The van der Waals surface area contributed by atoms with Gasteiger partial charge < -0.3 is 5.32 Å². The molecule has 0 bridgehead atoms. The van der Waals surface area contributed by atoms with E-state index in [0.29, 0.717) is 11.0 Å². The van der Waals surface area contributed by atoms with E-state index in [0.717, 1.165) is 28.1 Å². The minimum atomic E-state index is -0.0875. The Hall–Kier alpha value is -3.45. The van der Waals surface area contributed by atoms with Crippen molar-refractivity contribution >= 4 is 23.4 Å². The summed E-state index contributed by atoms with van der Waals surface area (Å²) in [5.74, 6) is 0.833. The maximum Gasteiger partial charge on any atom is 0.234 e. The molecule has 6 nitrogen and oxygen atoms in total. The maximum atomic E-state index is 12.6. The Morgan fingerprint density at radius 2 is 1.81 bits per heavy atom. The molecule has 2 heterocycles. The monoisotopic (exact) mass is 429 g/mol. The molecular formula is C24H23N5OS. The molecule has 7 heteroatoms. The molecule has 1 amide bonds. The number of rotatable bonds is 6. The summed E-state index contributed by atoms with van der Waals surface area (Å²) in [6.07, 6.45) is 3.49. The minimum absolute atomic E-state index is 0.0875. The summed E-state index contributed by atoms with van der Waals surface area (Å²) < 4.78 is 1.99. The molecule has 0 fully saturated rings. The van der Waals surface area contributed by atoms with E-state index in [-0.39, 0.29) is 11.7 Å². The lowest BCUT2D eigenvalue weighted by Gasteiger charge is -2.13. The van der Waals surface area contributed by atoms with Gasteiger partial charge in [0.25, 0.3) is 0 Å². The standard InChI is InChI=1S/C24H23N5OS/c1-16-10-11-20(13-18(16)3)26-22(30)15-31-24-28-27-23(19-8-6-12-25-14-19)29(24)21-9-5-4-7-17(21)2/h4-14H,15H2,1-3H3,(H,26,30). The van der Waals surface area contributed by atoms with Gasteiger partial charge in [0.2, 0.25) is 5.91 Å². The molecule has 4 rings (SSSR count). The van der Waals surface area contributed by atoms with E-state index in [2.05, 4.69) is 27.4 Å². The Balaban J connectivity index is 1.59. The number of amides is 1. The molecule has 156 valence electrons. The van der Waals surface area contributed by atoms with Gasteiger partial charge in [-0.3, -0.25) is 14.3 Å². The molecule has 31 heavy (non-hydrogen) atoms. The smallest absolute Gasteiger partial charge is 0.234 e. The fourth-order valence-electron chi connectivity index (χ4n) is 3.22. The van der Waals surface area contributed by atoms with Crippen molar-refractivity contribution < 1.29 is 4.79 Å². The highest BCUT2D eigenvalue weighted by Crippen LogP contribution is 2.29. The van der Waals surface area contributed by atoms with Crippen molar-refractivity contribution in [1.82, 2.24) is 19.7 Å². The van der Waals surface area contributed by atoms with Gasteiger partial charge in [-0.05, 0) is 67.8 Å². The molecule has 4 aromatic rings. The number of thioether (sulfide) groups is 1. The lowest BCUT2D eigenvalue weighted by atomic mass is 10.1. The lowest BCUT2D eigenvalue weighted by molar-refractivity contribution is -0.113. The van der Waals surface area contributed by atoms with Crippen LogP contribution < -0.4 is 5.32 Å². The molecule has 2 aromatic heterocycles. The van der Waals surface area contributed by atoms with Crippen molar-refractivity contribution in [2.75, 3.05) is 11.1 Å². The van der Waals surface area contributed by atoms with Crippen molar-refractivity contribution in [1.29, 1.82) is 0 Å². The van der Waals surface area contributed by atoms with Crippen LogP contribution in [0.15, 0.2) is 72.1 Å². The zero-order chi connectivity index (χ0) is 21.8. The number of pyridine rings is 1. The summed E-state index contributed by atoms with van der Waals surface area (Å²) in [5.41, 5.74) is 6.07. The number of nitrogens with one attached hydrogen (secondary N) is 1. The first-order chi connectivity index (χ1) is 15.0. The molecule has 2 aromatic carbocycles. The number of carbonyl (C=O) groups is 1. The van der Waals surface area contributed by atoms with Gasteiger partial charge in [0.05, 0.1) is 11.4 Å². The third kappa shape index (κ3) is 4.67. The SMILES string of the molecule is Cc1ccc(NC(=O)CSc2nnc(-c3cccnc3)n2-c2ccccc2C)cc1C. The second kappa shape index (κ2) is 9.14. The third-order valence-electron chi connectivity index (χ3n) is 5.03. The number of hydrogen-bond donors (Lipinski definition) is 1. The van der Waals surface area contributed by atoms with Crippen molar-refractivity contribution in [3.63, 3.8) is 0 Å². The van der Waals surface area contributed by atoms with Gasteiger partial charge in [-0.1, -0.05) is 36.0 Å². The van der Waals surface area contributed by atoms with Crippen LogP contribution in [0.2, 0.25) is 0 Å². The van der Waals surface area contributed by atoms with Crippen LogP contribution in [0, 0.1) is 20.8 Å². The third-order valence-corrected chi connectivity index (χ3v) is 5.96. The molecule has 0 radical (unpaired) electrons. The molecular weight excluding hydrogens is 406 g/mol. The predicted molar refractivity (Wildman–Crippen MR) is 125 cm³/mol. The van der Waals surface area contributed by atoms with E-state index in [1.165, 1.54) is 17.3 Å². The highest BCUT2D eigenvalue weighted by atomic mass is 32.2. The lowest BCUT2D eigenvalue weighted by Crippen LogP contribution is -2.14. The van der Waals surface area contributed by atoms with Crippen LogP contribution in [0.1, 0.15) is 16.7 Å². The predicted octanol–water partition coefficient (Wildman–Crippen LogP) is 4.99. The summed E-state index contributed by atoms with van der Waals surface area (Å²) in [7, 11) is 0. The Morgan fingerprint density at radius 3 is 2.55 bits per heavy atom. The Labute approximate surface area is 185 Å². The topological polar surface area (TPSA) is 72.7 Å². The van der Waals surface area contributed by atoms with Crippen LogP contribution in [0.4, 0.5) is 5.69 Å². The van der Waals surface area contributed by atoms with Crippen molar-refractivity contribution in [2.24, 2.45) is 0 Å². The number of aromatic nitrogens is 4. The molecule has 0 atom stereocenters. The first-order valence-corrected chi connectivity index (χ1v) is 10.9. The average Bonchev–Trinajstić information content (AvgIpc) is 3.19. The second-order valence-electron chi connectivity index (χ2n) is 7.31. The highest BCUT2D eigenvalue weighted by molar-refractivity contribution is 7.99. The van der Waals surface area contributed by atoms with E-state index in [1.807, 2.05) is 73.0 Å². The highest BCUT2D eigenvalue weighted by Gasteiger charge is 2.18. The van der Waals surface area contributed by atoms with Gasteiger partial charge in [0.1, 0.15) is 0 Å². The second-order valence-corrected chi connectivity index (χ2v) is 8.25. The normalized spacial score (nSPS) is 10.8. The van der Waals surface area contributed by atoms with E-state index >= 15 is 0 Å². The molecule has 0 aliphatic carbocycles. The minimum Gasteiger partial charge on any atom is -0.325 e. The average molecular weight is 430 g/mol. The van der Waals surface area contributed by atoms with Crippen LogP contribution in [-0.4, -0.2) is 31.4 Å². The van der Waals surface area contributed by atoms with Gasteiger partial charge in [-0.25, -0.2) is 0 Å². The van der Waals surface area contributed by atoms with Gasteiger partial charge >= 0.3 is 0 Å². The zero-order valence-electron chi connectivity index (χ0n) is 17.7. The van der Waals surface area contributed by atoms with Gasteiger partial charge in [0.15, 0.2) is 11.0 Å². The number of hydrogen-bond acceptors (Lipinski definition) is 5. The van der Waals surface area contributed by atoms with E-state index in [1.54, 1.807) is 12.4 Å². The number of nitrogens with zero attached hydrogens (tertiary/aromatic N) is 4. The van der Waals surface area contributed by atoms with Gasteiger partial charge in [0, 0.05) is 23.6 Å². The number of carbonyl (C=O) groups excluding carboxylic acids is 1. The molecule has 0 spiro atoms. The molecule has 0 aliphatic heterocycles. The van der Waals surface area contributed by atoms with E-state index < -0.39 is 0 Å². The summed E-state index contributed by atoms with van der Waals surface area (Å²) >= 11 is 1.36. The van der Waals surface area contributed by atoms with Crippen molar-refractivity contribution in [3.05, 3.63) is 83.7 Å². The fourth-order valence-corrected chi connectivity index (χ4v) is 3.97. The van der Waals surface area contributed by atoms with Crippen LogP contribution >= 0.6 is 11.8 Å². The zero-order valence-corrected chi connectivity index (χ0v) is 18.5. The van der Waals surface area contributed by atoms with Crippen molar-refractivity contribution in [3.8, 4) is 17.1 Å². The molecule has 0 saturated carbocycles. The number of aryl methyl sites for hydroxylation is 3. The Bertz CT molecular complexity index is 1220. The van der Waals surface area contributed by atoms with Crippen molar-refractivity contribution in [2.45, 2.75) is 25.9 Å². The molecule has 1 N–H and O–H groups in total.